The molecular formula is C24H23IN6O. The molecule has 2 aromatic heterocycles. The Kier molecular flexibility index (Phi) is 5.79. The predicted molar refractivity (Wildman–Crippen MR) is 136 cm³/mol. The molecule has 8 heteroatoms. The second kappa shape index (κ2) is 8.87. The van der Waals surface area contributed by atoms with Gasteiger partial charge in [0.2, 0.25) is 0 Å². The quantitative estimate of drug-likeness (QED) is 0.334. The van der Waals surface area contributed by atoms with Crippen LogP contribution in [0.15, 0.2) is 60.8 Å². The smallest absolute Gasteiger partial charge is 0.255 e. The number of hydrogen-bond acceptors (Lipinski definition) is 5. The van der Waals surface area contributed by atoms with E-state index in [0.717, 1.165) is 57.3 Å². The number of carbonyl (C=O) groups is 1. The molecule has 0 radical (unpaired) electrons. The second-order valence-corrected chi connectivity index (χ2v) is 9.07. The first-order valence-corrected chi connectivity index (χ1v) is 11.7. The monoisotopic (exact) mass is 538 g/mol. The van der Waals surface area contributed by atoms with Crippen LogP contribution in [0.25, 0.3) is 22.2 Å². The highest BCUT2D eigenvalue weighted by Crippen LogP contribution is 2.36. The van der Waals surface area contributed by atoms with Crippen molar-refractivity contribution in [1.82, 2.24) is 20.1 Å². The number of nitrogens with one attached hydrogen (secondary N) is 2. The first-order valence-electron chi connectivity index (χ1n) is 10.6. The lowest BCUT2D eigenvalue weighted by Gasteiger charge is -2.24. The van der Waals surface area contributed by atoms with E-state index in [1.165, 1.54) is 0 Å². The molecule has 1 amide bonds. The first kappa shape index (κ1) is 20.9. The van der Waals surface area contributed by atoms with Crippen molar-refractivity contribution in [2.75, 3.05) is 24.1 Å². The number of halogens is 1. The number of nitrogens with zero attached hydrogens (tertiary/aromatic N) is 3. The van der Waals surface area contributed by atoms with E-state index in [1.807, 2.05) is 42.5 Å². The Morgan fingerprint density at radius 1 is 1.16 bits per heavy atom. The summed E-state index contributed by atoms with van der Waals surface area (Å²) >= 11 is 2.31. The van der Waals surface area contributed by atoms with Gasteiger partial charge in [-0.15, -0.1) is 0 Å². The molecule has 4 aromatic rings. The fourth-order valence-electron chi connectivity index (χ4n) is 4.17. The Hall–Kier alpha value is -2.98. The Balaban J connectivity index is 1.50. The number of carbonyl (C=O) groups excluding carboxylic acids is 1. The van der Waals surface area contributed by atoms with Crippen LogP contribution in [0.1, 0.15) is 29.2 Å². The zero-order valence-electron chi connectivity index (χ0n) is 17.4. The summed E-state index contributed by atoms with van der Waals surface area (Å²) in [5, 5.41) is 12.3. The van der Waals surface area contributed by atoms with E-state index in [2.05, 4.69) is 42.9 Å². The lowest BCUT2D eigenvalue weighted by atomic mass is 10.1. The van der Waals surface area contributed by atoms with Gasteiger partial charge in [-0.05, 0) is 66.2 Å². The summed E-state index contributed by atoms with van der Waals surface area (Å²) in [5.41, 5.74) is 10.5. The molecule has 0 bridgehead atoms. The third-order valence-electron chi connectivity index (χ3n) is 5.78. The summed E-state index contributed by atoms with van der Waals surface area (Å²) in [6, 6.07) is 17.2. The molecule has 1 aliphatic heterocycles. The number of nitrogen functional groups attached to an aromatic ring is 1. The van der Waals surface area contributed by atoms with Crippen molar-refractivity contribution >= 4 is 50.9 Å². The number of amides is 1. The summed E-state index contributed by atoms with van der Waals surface area (Å²) in [5.74, 6) is 0.341. The van der Waals surface area contributed by atoms with E-state index in [0.29, 0.717) is 11.4 Å². The molecule has 1 fully saturated rings. The van der Waals surface area contributed by atoms with E-state index >= 15 is 0 Å². The van der Waals surface area contributed by atoms with E-state index in [4.69, 9.17) is 10.8 Å². The minimum Gasteiger partial charge on any atom is -0.383 e. The van der Waals surface area contributed by atoms with Crippen molar-refractivity contribution in [2.24, 2.45) is 0 Å². The number of benzene rings is 2. The second-order valence-electron chi connectivity index (χ2n) is 7.91. The first-order chi connectivity index (χ1) is 15.6. The molecule has 2 aromatic carbocycles. The third-order valence-corrected chi connectivity index (χ3v) is 6.57. The normalized spacial score (nSPS) is 16.2. The highest BCUT2D eigenvalue weighted by molar-refractivity contribution is 14.1. The van der Waals surface area contributed by atoms with E-state index in [-0.39, 0.29) is 11.9 Å². The summed E-state index contributed by atoms with van der Waals surface area (Å²) in [7, 11) is 0. The van der Waals surface area contributed by atoms with Gasteiger partial charge in [-0.1, -0.05) is 30.3 Å². The van der Waals surface area contributed by atoms with Crippen LogP contribution in [0.2, 0.25) is 0 Å². The van der Waals surface area contributed by atoms with Gasteiger partial charge in [0.1, 0.15) is 11.5 Å². The van der Waals surface area contributed by atoms with Gasteiger partial charge in [-0.2, -0.15) is 5.10 Å². The van der Waals surface area contributed by atoms with Crippen LogP contribution in [0.4, 0.5) is 11.5 Å². The summed E-state index contributed by atoms with van der Waals surface area (Å²) in [6.07, 6.45) is 4.00. The highest BCUT2D eigenvalue weighted by Gasteiger charge is 2.24. The minimum absolute atomic E-state index is 0.138. The van der Waals surface area contributed by atoms with Crippen LogP contribution in [0.5, 0.6) is 0 Å². The Labute approximate surface area is 199 Å². The average Bonchev–Trinajstić information content (AvgIpc) is 3.25. The maximum atomic E-state index is 12.4. The van der Waals surface area contributed by atoms with Gasteiger partial charge in [-0.3, -0.25) is 9.48 Å². The van der Waals surface area contributed by atoms with E-state index < -0.39 is 0 Å². The van der Waals surface area contributed by atoms with Gasteiger partial charge < -0.3 is 16.4 Å². The molecule has 7 nitrogen and oxygen atoms in total. The van der Waals surface area contributed by atoms with Gasteiger partial charge in [0.05, 0.1) is 20.5 Å². The highest BCUT2D eigenvalue weighted by atomic mass is 127. The van der Waals surface area contributed by atoms with Crippen molar-refractivity contribution in [2.45, 2.75) is 18.9 Å². The fraction of sp³-hybridized carbons (Fsp3) is 0.208. The van der Waals surface area contributed by atoms with Crippen LogP contribution >= 0.6 is 22.6 Å². The average molecular weight is 538 g/mol. The molecule has 32 heavy (non-hydrogen) atoms. The van der Waals surface area contributed by atoms with Crippen LogP contribution in [0, 0.1) is 3.57 Å². The third kappa shape index (κ3) is 3.95. The number of nitrogens with two attached hydrogens (primary N) is 1. The predicted octanol–water partition coefficient (Wildman–Crippen LogP) is 4.46. The van der Waals surface area contributed by atoms with Crippen molar-refractivity contribution in [1.29, 1.82) is 0 Å². The molecule has 4 N–H and O–H groups in total. The molecule has 0 aliphatic carbocycles. The zero-order chi connectivity index (χ0) is 22.1. The van der Waals surface area contributed by atoms with E-state index in [1.54, 1.807) is 18.3 Å². The molecule has 1 atom stereocenters. The SMILES string of the molecule is Nc1ncc(I)c2c1c(-c1ccc(NC(=O)c3ccccc3)cc1)nn2C1CCCNC1. The van der Waals surface area contributed by atoms with Crippen LogP contribution in [0.3, 0.4) is 0 Å². The van der Waals surface area contributed by atoms with Crippen molar-refractivity contribution in [3.05, 3.63) is 69.9 Å². The number of pyridine rings is 1. The number of piperidine rings is 1. The zero-order valence-corrected chi connectivity index (χ0v) is 19.5. The van der Waals surface area contributed by atoms with Gasteiger partial charge in [0.25, 0.3) is 5.91 Å². The van der Waals surface area contributed by atoms with Gasteiger partial charge in [0, 0.05) is 29.6 Å². The molecular weight excluding hydrogens is 515 g/mol. The summed E-state index contributed by atoms with van der Waals surface area (Å²) in [4.78, 5) is 16.8. The van der Waals surface area contributed by atoms with Gasteiger partial charge in [-0.25, -0.2) is 4.98 Å². The number of fused-ring (bicyclic) bond motifs is 1. The number of hydrogen-bond donors (Lipinski definition) is 3. The van der Waals surface area contributed by atoms with Crippen LogP contribution < -0.4 is 16.4 Å². The maximum Gasteiger partial charge on any atom is 0.255 e. The molecule has 1 saturated heterocycles. The van der Waals surface area contributed by atoms with Crippen LogP contribution in [-0.2, 0) is 0 Å². The lowest BCUT2D eigenvalue weighted by molar-refractivity contribution is 0.102. The molecule has 0 saturated carbocycles. The fourth-order valence-corrected chi connectivity index (χ4v) is 4.83. The number of aromatic nitrogens is 3. The Morgan fingerprint density at radius 3 is 2.66 bits per heavy atom. The Morgan fingerprint density at radius 2 is 1.94 bits per heavy atom. The van der Waals surface area contributed by atoms with Gasteiger partial charge in [0.15, 0.2) is 0 Å². The number of anilines is 2. The van der Waals surface area contributed by atoms with Crippen molar-refractivity contribution < 1.29 is 4.79 Å². The minimum atomic E-state index is -0.138. The van der Waals surface area contributed by atoms with Crippen molar-refractivity contribution in [3.63, 3.8) is 0 Å². The molecule has 1 aliphatic rings. The van der Waals surface area contributed by atoms with Gasteiger partial charge >= 0.3 is 0 Å². The largest absolute Gasteiger partial charge is 0.383 e. The Bertz CT molecular complexity index is 1260. The molecule has 5 rings (SSSR count). The van der Waals surface area contributed by atoms with Crippen molar-refractivity contribution in [3.8, 4) is 11.3 Å². The lowest BCUT2D eigenvalue weighted by Crippen LogP contribution is -2.32. The van der Waals surface area contributed by atoms with Crippen LogP contribution in [-0.4, -0.2) is 33.8 Å². The van der Waals surface area contributed by atoms with E-state index in [9.17, 15) is 4.79 Å². The summed E-state index contributed by atoms with van der Waals surface area (Å²) in [6.45, 7) is 1.93. The molecule has 1 unspecified atom stereocenters. The summed E-state index contributed by atoms with van der Waals surface area (Å²) < 4.78 is 3.14. The molecule has 0 spiro atoms. The standard InChI is InChI=1S/C24H23IN6O/c25-19-14-28-23(26)20-21(30-31(22(19)20)18-7-4-12-27-13-18)15-8-10-17(11-9-15)29-24(32)16-5-2-1-3-6-16/h1-3,5-6,8-11,14,18,27H,4,7,12-13H2,(H2,26,28)(H,29,32). The molecule has 162 valence electrons. The maximum absolute atomic E-state index is 12.4. The molecule has 3 heterocycles. The topological polar surface area (TPSA) is 97.9 Å². The number of rotatable bonds is 4.